The summed E-state index contributed by atoms with van der Waals surface area (Å²) in [7, 11) is 0. The molecule has 3 nitrogen and oxygen atoms in total. The maximum absolute atomic E-state index is 12.9. The second-order valence-electron chi connectivity index (χ2n) is 6.98. The summed E-state index contributed by atoms with van der Waals surface area (Å²) in [6.07, 6.45) is 4.62. The summed E-state index contributed by atoms with van der Waals surface area (Å²) in [5.41, 5.74) is 1.56. The molecule has 0 bridgehead atoms. The summed E-state index contributed by atoms with van der Waals surface area (Å²) >= 11 is 0. The van der Waals surface area contributed by atoms with Gasteiger partial charge in [0.1, 0.15) is 0 Å². The van der Waals surface area contributed by atoms with E-state index in [9.17, 15) is 4.79 Å². The van der Waals surface area contributed by atoms with E-state index in [1.54, 1.807) is 0 Å². The van der Waals surface area contributed by atoms with Gasteiger partial charge in [-0.05, 0) is 55.2 Å². The van der Waals surface area contributed by atoms with Gasteiger partial charge in [0, 0.05) is 5.69 Å². The minimum atomic E-state index is -0.238. The van der Waals surface area contributed by atoms with E-state index in [0.29, 0.717) is 12.3 Å². The predicted molar refractivity (Wildman–Crippen MR) is 89.3 cm³/mol. The fourth-order valence-corrected chi connectivity index (χ4v) is 3.40. The highest BCUT2D eigenvalue weighted by Crippen LogP contribution is 2.45. The lowest BCUT2D eigenvalue weighted by molar-refractivity contribution is -0.130. The number of amides is 1. The third kappa shape index (κ3) is 3.50. The number of hydrogen-bond donors (Lipinski definition) is 1. The average molecular weight is 298 g/mol. The molecule has 0 heterocycles. The number of rotatable bonds is 4. The first kappa shape index (κ1) is 16.5. The zero-order valence-corrected chi connectivity index (χ0v) is 13.9. The predicted octanol–water partition coefficient (Wildman–Crippen LogP) is 4.54. The van der Waals surface area contributed by atoms with Crippen molar-refractivity contribution >= 4 is 11.6 Å². The minimum absolute atomic E-state index is 0.155. The van der Waals surface area contributed by atoms with Crippen molar-refractivity contribution in [2.45, 2.75) is 52.9 Å². The van der Waals surface area contributed by atoms with Gasteiger partial charge in [-0.1, -0.05) is 32.9 Å². The quantitative estimate of drug-likeness (QED) is 0.887. The molecule has 1 amide bonds. The number of anilines is 1. The minimum Gasteiger partial charge on any atom is -0.326 e. The molecule has 0 aliphatic heterocycles. The monoisotopic (exact) mass is 298 g/mol. The molecule has 2 rings (SSSR count). The molecule has 22 heavy (non-hydrogen) atoms. The van der Waals surface area contributed by atoms with Gasteiger partial charge in [0.15, 0.2) is 0 Å². The fraction of sp³-hybridized carbons (Fsp3) is 0.579. The van der Waals surface area contributed by atoms with Crippen LogP contribution < -0.4 is 5.32 Å². The molecule has 1 N–H and O–H groups in total. The molecule has 1 aliphatic rings. The Morgan fingerprint density at radius 3 is 2.41 bits per heavy atom. The second-order valence-corrected chi connectivity index (χ2v) is 6.98. The van der Waals surface area contributed by atoms with Crippen LogP contribution in [0, 0.1) is 28.6 Å². The molecule has 118 valence electrons. The van der Waals surface area contributed by atoms with Crippen molar-refractivity contribution in [3.63, 3.8) is 0 Å². The van der Waals surface area contributed by atoms with E-state index < -0.39 is 0 Å². The molecular weight excluding hydrogens is 272 g/mol. The second kappa shape index (κ2) is 6.96. The summed E-state index contributed by atoms with van der Waals surface area (Å²) < 4.78 is 0. The van der Waals surface area contributed by atoms with E-state index in [1.807, 2.05) is 24.3 Å². The smallest absolute Gasteiger partial charge is 0.230 e. The van der Waals surface area contributed by atoms with Crippen molar-refractivity contribution in [3.8, 4) is 6.07 Å². The van der Waals surface area contributed by atoms with Crippen LogP contribution in [-0.4, -0.2) is 5.91 Å². The van der Waals surface area contributed by atoms with Crippen LogP contribution in [-0.2, 0) is 11.2 Å². The number of benzene rings is 1. The molecule has 1 aliphatic carbocycles. The van der Waals surface area contributed by atoms with E-state index in [4.69, 9.17) is 5.26 Å². The van der Waals surface area contributed by atoms with Crippen LogP contribution in [0.15, 0.2) is 24.3 Å². The Hall–Kier alpha value is -1.82. The van der Waals surface area contributed by atoms with Crippen LogP contribution in [0.2, 0.25) is 0 Å². The highest BCUT2D eigenvalue weighted by Gasteiger charge is 2.43. The molecule has 0 unspecified atom stereocenters. The Labute approximate surface area is 133 Å². The van der Waals surface area contributed by atoms with Gasteiger partial charge < -0.3 is 5.32 Å². The first-order valence-corrected chi connectivity index (χ1v) is 8.25. The third-order valence-corrected chi connectivity index (χ3v) is 5.22. The number of carbonyl (C=O) groups excluding carboxylic acids is 1. The average Bonchev–Trinajstić information content (AvgIpc) is 2.50. The van der Waals surface area contributed by atoms with E-state index in [2.05, 4.69) is 32.2 Å². The van der Waals surface area contributed by atoms with E-state index in [0.717, 1.165) is 42.9 Å². The molecule has 0 atom stereocenters. The summed E-state index contributed by atoms with van der Waals surface area (Å²) in [4.78, 5) is 12.9. The Bertz CT molecular complexity index is 546. The summed E-state index contributed by atoms with van der Waals surface area (Å²) in [6, 6.07) is 9.73. The maximum atomic E-state index is 12.9. The molecule has 0 aromatic heterocycles. The number of carbonyl (C=O) groups is 1. The normalized spacial score (nSPS) is 24.8. The number of nitrogens with zero attached hydrogens (tertiary/aromatic N) is 1. The Kier molecular flexibility index (Phi) is 5.24. The molecule has 1 saturated carbocycles. The third-order valence-electron chi connectivity index (χ3n) is 5.22. The van der Waals surface area contributed by atoms with Crippen molar-refractivity contribution in [1.82, 2.24) is 0 Å². The SMILES string of the molecule is CC1CCC(C(=O)Nc2ccc(CC#N)cc2)(C(C)C)CC1. The summed E-state index contributed by atoms with van der Waals surface area (Å²) in [6.45, 7) is 6.59. The highest BCUT2D eigenvalue weighted by atomic mass is 16.2. The van der Waals surface area contributed by atoms with E-state index in [-0.39, 0.29) is 11.3 Å². The topological polar surface area (TPSA) is 52.9 Å². The van der Waals surface area contributed by atoms with Crippen molar-refractivity contribution in [2.24, 2.45) is 17.3 Å². The zero-order valence-electron chi connectivity index (χ0n) is 13.9. The lowest BCUT2D eigenvalue weighted by Gasteiger charge is -2.41. The van der Waals surface area contributed by atoms with Crippen LogP contribution in [0.4, 0.5) is 5.69 Å². The van der Waals surface area contributed by atoms with Crippen molar-refractivity contribution in [2.75, 3.05) is 5.32 Å². The fourth-order valence-electron chi connectivity index (χ4n) is 3.40. The van der Waals surface area contributed by atoms with Crippen LogP contribution in [0.5, 0.6) is 0 Å². The van der Waals surface area contributed by atoms with Crippen molar-refractivity contribution < 1.29 is 4.79 Å². The van der Waals surface area contributed by atoms with E-state index in [1.165, 1.54) is 0 Å². The number of nitriles is 1. The van der Waals surface area contributed by atoms with Crippen LogP contribution in [0.3, 0.4) is 0 Å². The molecular formula is C19H26N2O. The maximum Gasteiger partial charge on any atom is 0.230 e. The Morgan fingerprint density at radius 1 is 1.32 bits per heavy atom. The molecule has 0 saturated heterocycles. The van der Waals surface area contributed by atoms with Gasteiger partial charge in [0.25, 0.3) is 0 Å². The molecule has 0 spiro atoms. The lowest BCUT2D eigenvalue weighted by Crippen LogP contribution is -2.43. The van der Waals surface area contributed by atoms with Gasteiger partial charge in [0.05, 0.1) is 17.9 Å². The molecule has 1 aromatic carbocycles. The molecule has 1 fully saturated rings. The first-order valence-electron chi connectivity index (χ1n) is 8.25. The van der Waals surface area contributed by atoms with Gasteiger partial charge >= 0.3 is 0 Å². The first-order chi connectivity index (χ1) is 10.5. The Morgan fingerprint density at radius 2 is 1.91 bits per heavy atom. The van der Waals surface area contributed by atoms with Crippen LogP contribution in [0.1, 0.15) is 52.0 Å². The number of nitrogens with one attached hydrogen (secondary N) is 1. The standard InChI is InChI=1S/C19H26N2O/c1-14(2)19(11-8-15(3)9-12-19)18(22)21-17-6-4-16(5-7-17)10-13-20/h4-7,14-15H,8-12H2,1-3H3,(H,21,22). The largest absolute Gasteiger partial charge is 0.326 e. The van der Waals surface area contributed by atoms with Crippen molar-refractivity contribution in [1.29, 1.82) is 5.26 Å². The van der Waals surface area contributed by atoms with E-state index >= 15 is 0 Å². The van der Waals surface area contributed by atoms with Gasteiger partial charge in [-0.2, -0.15) is 5.26 Å². The van der Waals surface area contributed by atoms with Crippen molar-refractivity contribution in [3.05, 3.63) is 29.8 Å². The number of hydrogen-bond acceptors (Lipinski definition) is 2. The van der Waals surface area contributed by atoms with Gasteiger partial charge in [-0.3, -0.25) is 4.79 Å². The Balaban J connectivity index is 2.10. The van der Waals surface area contributed by atoms with Gasteiger partial charge in [-0.15, -0.1) is 0 Å². The van der Waals surface area contributed by atoms with Gasteiger partial charge in [0.2, 0.25) is 5.91 Å². The van der Waals surface area contributed by atoms with Gasteiger partial charge in [-0.25, -0.2) is 0 Å². The highest BCUT2D eigenvalue weighted by molar-refractivity contribution is 5.95. The van der Waals surface area contributed by atoms with Crippen LogP contribution in [0.25, 0.3) is 0 Å². The molecule has 0 radical (unpaired) electrons. The molecule has 3 heteroatoms. The zero-order chi connectivity index (χ0) is 16.2. The summed E-state index contributed by atoms with van der Waals surface area (Å²) in [5, 5.41) is 11.8. The lowest BCUT2D eigenvalue weighted by atomic mass is 9.64. The summed E-state index contributed by atoms with van der Waals surface area (Å²) in [5.74, 6) is 1.23. The van der Waals surface area contributed by atoms with Crippen LogP contribution >= 0.6 is 0 Å². The molecule has 1 aromatic rings.